The largest absolute Gasteiger partial charge is 0.469 e. The van der Waals surface area contributed by atoms with Crippen LogP contribution in [0.3, 0.4) is 0 Å². The number of esters is 2. The number of carbonyl (C=O) groups excluding carboxylic acids is 5. The van der Waals surface area contributed by atoms with E-state index in [1.54, 1.807) is 14.7 Å². The molecule has 0 radical (unpaired) electrons. The molecule has 21 nitrogen and oxygen atoms in total. The number of piperidine rings is 4. The summed E-state index contributed by atoms with van der Waals surface area (Å²) in [6.45, 7) is 26.5. The zero-order valence-electron chi connectivity index (χ0n) is 66.7. The number of likely N-dealkylation sites (tertiary alicyclic amines) is 3. The highest BCUT2D eigenvalue weighted by Gasteiger charge is 2.45. The van der Waals surface area contributed by atoms with E-state index in [0.29, 0.717) is 110 Å². The number of alkyl halides is 1. The van der Waals surface area contributed by atoms with Crippen LogP contribution in [0.25, 0.3) is 0 Å². The molecule has 0 aromatic heterocycles. The summed E-state index contributed by atoms with van der Waals surface area (Å²) in [6, 6.07) is 52.2. The summed E-state index contributed by atoms with van der Waals surface area (Å²) in [7, 11) is 2.83. The Kier molecular flexibility index (Phi) is 39.1. The van der Waals surface area contributed by atoms with E-state index in [1.165, 1.54) is 19.8 Å². The smallest absolute Gasteiger partial charge is 0.410 e. The first-order chi connectivity index (χ1) is 52.3. The zero-order chi connectivity index (χ0) is 80.5. The number of benzene rings is 5. The molecule has 0 bridgehead atoms. The van der Waals surface area contributed by atoms with Gasteiger partial charge in [-0.05, 0) is 222 Å². The minimum atomic E-state index is -0.660. The molecule has 6 fully saturated rings. The highest BCUT2D eigenvalue weighted by atomic mass is 79.9. The summed E-state index contributed by atoms with van der Waals surface area (Å²) in [4.78, 5) is 64.8. The Morgan fingerprint density at radius 1 is 0.421 bits per heavy atom. The van der Waals surface area contributed by atoms with Crippen molar-refractivity contribution >= 4 is 46.1 Å². The maximum absolute atomic E-state index is 12.4. The molecule has 114 heavy (non-hydrogen) atoms. The number of halogens is 1. The molecule has 4 aliphatic heterocycles. The van der Waals surface area contributed by atoms with Gasteiger partial charge in [-0.2, -0.15) is 26.3 Å². The van der Waals surface area contributed by atoms with E-state index < -0.39 is 38.5 Å². The molecule has 620 valence electrons. The molecule has 0 atom stereocenters. The van der Waals surface area contributed by atoms with E-state index in [4.69, 9.17) is 38.4 Å². The maximum atomic E-state index is 12.4. The quantitative estimate of drug-likeness (QED) is 0.0614. The van der Waals surface area contributed by atoms with Crippen LogP contribution in [0, 0.1) is 82.3 Å². The maximum Gasteiger partial charge on any atom is 0.410 e. The fourth-order valence-electron chi connectivity index (χ4n) is 14.7. The lowest BCUT2D eigenvalue weighted by Gasteiger charge is -2.39. The fraction of sp³-hybridized carbons (Fsp3) is 0.565. The number of nitriles is 5. The van der Waals surface area contributed by atoms with Crippen molar-refractivity contribution in [2.45, 2.75) is 259 Å². The number of nitrogens with one attached hydrogen (secondary N) is 1. The minimum absolute atomic E-state index is 0. The highest BCUT2D eigenvalue weighted by molar-refractivity contribution is 9.08. The Morgan fingerprint density at radius 3 is 1.00 bits per heavy atom. The van der Waals surface area contributed by atoms with Crippen LogP contribution in [0.4, 0.5) is 14.4 Å². The average Bonchev–Trinajstić information content (AvgIpc) is 0.765. The highest BCUT2D eigenvalue weighted by Crippen LogP contribution is 2.43. The summed E-state index contributed by atoms with van der Waals surface area (Å²) >= 11 is 3.50. The van der Waals surface area contributed by atoms with Crippen molar-refractivity contribution in [3.63, 3.8) is 0 Å². The van der Waals surface area contributed by atoms with Gasteiger partial charge < -0.3 is 53.2 Å². The van der Waals surface area contributed by atoms with Gasteiger partial charge in [0.2, 0.25) is 0 Å². The summed E-state index contributed by atoms with van der Waals surface area (Å²) < 4.78 is 37.8. The van der Waals surface area contributed by atoms with Gasteiger partial charge in [-0.15, -0.1) is 0 Å². The second-order valence-corrected chi connectivity index (χ2v) is 32.9. The first-order valence-corrected chi connectivity index (χ1v) is 39.4. The van der Waals surface area contributed by atoms with Crippen molar-refractivity contribution in [1.29, 1.82) is 26.3 Å². The van der Waals surface area contributed by atoms with Crippen LogP contribution in [0.1, 0.15) is 225 Å². The Balaban J connectivity index is 0.000000376. The van der Waals surface area contributed by atoms with Crippen LogP contribution in [0.2, 0.25) is 0 Å². The van der Waals surface area contributed by atoms with Crippen molar-refractivity contribution in [3.8, 4) is 30.3 Å². The number of nitrogens with zero attached hydrogens (tertiary/aromatic N) is 8. The van der Waals surface area contributed by atoms with Gasteiger partial charge >= 0.3 is 30.2 Å². The molecule has 4 saturated heterocycles. The summed E-state index contributed by atoms with van der Waals surface area (Å²) in [5, 5.41) is 51.9. The van der Waals surface area contributed by atoms with Crippen molar-refractivity contribution in [1.82, 2.24) is 20.0 Å². The monoisotopic (exact) mass is 1630 g/mol. The van der Waals surface area contributed by atoms with E-state index in [1.807, 2.05) is 191 Å². The Hall–Kier alpha value is -9.34. The summed E-state index contributed by atoms with van der Waals surface area (Å²) in [5.41, 5.74) is 7.26. The summed E-state index contributed by atoms with van der Waals surface area (Å²) in [5.74, 6) is -0.424. The van der Waals surface area contributed by atoms with E-state index >= 15 is 0 Å². The first-order valence-electron chi connectivity index (χ1n) is 38.3. The van der Waals surface area contributed by atoms with E-state index in [2.05, 4.69) is 57.7 Å². The number of rotatable bonds is 14. The number of methoxy groups -OCH3 is 2. The lowest BCUT2D eigenvalue weighted by Crippen LogP contribution is -2.46. The lowest BCUT2D eigenvalue weighted by atomic mass is 9.72. The number of aryl methyl sites for hydroxylation is 2. The Labute approximate surface area is 690 Å². The predicted molar refractivity (Wildman–Crippen MR) is 450 cm³/mol. The zero-order valence-corrected chi connectivity index (χ0v) is 68.3. The van der Waals surface area contributed by atoms with Gasteiger partial charge in [0.25, 0.3) is 0 Å². The molecule has 11 rings (SSSR count). The number of hydrogen-bond acceptors (Lipinski definition) is 18. The normalized spacial score (nSPS) is 19.2. The minimum Gasteiger partial charge on any atom is -0.469 e. The topological polar surface area (TPSA) is 291 Å². The molecule has 2 aliphatic carbocycles. The molecule has 5 aromatic rings. The van der Waals surface area contributed by atoms with E-state index in [-0.39, 0.29) is 84.0 Å². The number of amides is 3. The van der Waals surface area contributed by atoms with Crippen LogP contribution in [0.15, 0.2) is 121 Å². The van der Waals surface area contributed by atoms with Gasteiger partial charge in [0.15, 0.2) is 0 Å². The SMILES string of the molecule is C.C.C.C.CC(C)(C)OC(=O)N1CCC(C#N)(c2ccccc2CBr)CC1.COC(=O)C1CC(OCc2ccccc2C2(C#N)CCN(C(=O)OC(C)(C)C)CC2)C1.COC(=O)C1CC(OCc2ccccc2C2(C#N)CCNCC2)C1.Cc1ccccc1C1(C#N)CCN(C(=O)OC(C)(C)C)CC1.Cc1ccccc1CC#N. The van der Waals surface area contributed by atoms with Crippen molar-refractivity contribution < 1.29 is 57.1 Å². The van der Waals surface area contributed by atoms with Gasteiger partial charge in [-0.1, -0.05) is 167 Å². The van der Waals surface area contributed by atoms with Crippen LogP contribution in [-0.4, -0.2) is 141 Å². The molecule has 0 unspecified atom stereocenters. The third-order valence-corrected chi connectivity index (χ3v) is 21.9. The fourth-order valence-corrected chi connectivity index (χ4v) is 15.2. The predicted octanol–water partition coefficient (Wildman–Crippen LogP) is 19.0. The van der Waals surface area contributed by atoms with Crippen LogP contribution in [0.5, 0.6) is 0 Å². The van der Waals surface area contributed by atoms with Crippen LogP contribution in [-0.2, 0) is 89.4 Å². The van der Waals surface area contributed by atoms with Gasteiger partial charge in [0, 0.05) is 44.6 Å². The average molecular weight is 1630 g/mol. The Morgan fingerprint density at radius 2 is 0.702 bits per heavy atom. The van der Waals surface area contributed by atoms with Gasteiger partial charge in [0.1, 0.15) is 16.8 Å². The second kappa shape index (κ2) is 45.1. The standard InChI is InChI=1S/C24H32N2O5.C19H24N2O3.C18H23BrN2O2.C18H24N2O2.C9H9N.4CH4/c1-23(2,3)31-22(28)26-11-9-24(16-25,10-12-26)20-8-6-5-7-17(20)15-30-19-13-18(14-19)21(27)29-4;1-23-18(22)15-10-16(11-15)24-12-14-4-2-3-5-17(14)19(13-20)6-8-21-9-7-19;1-17(2,3)23-16(22)21-10-8-18(13-20,9-11-21)15-7-5-4-6-14(15)12-19;1-14-7-5-6-8-15(14)18(13-19)9-11-20(12-10-18)16(21)22-17(2,3)4;1-8-4-2-3-5-9(8)6-7-10;;;;/h5-8,18-19H,9-15H2,1-4H3;2-5,15-16,21H,6-12H2,1H3;4-7H,8-12H2,1-3H3;5-8H,9-12H2,1-4H3;2-5H,6H2,1H3;4*1H4. The number of ether oxygens (including phenoxy) is 7. The number of carbonyl (C=O) groups is 5. The van der Waals surface area contributed by atoms with E-state index in [9.17, 15) is 45.0 Å². The molecule has 6 aliphatic rings. The van der Waals surface area contributed by atoms with Gasteiger partial charge in [0.05, 0.1) is 110 Å². The van der Waals surface area contributed by atoms with Gasteiger partial charge in [-0.3, -0.25) is 9.59 Å². The first kappa shape index (κ1) is 98.9. The van der Waals surface area contributed by atoms with Crippen LogP contribution < -0.4 is 5.32 Å². The molecule has 5 aromatic carbocycles. The molecule has 22 heteroatoms. The summed E-state index contributed by atoms with van der Waals surface area (Å²) in [6.07, 6.45) is 7.84. The van der Waals surface area contributed by atoms with Crippen molar-refractivity contribution in [2.75, 3.05) is 66.6 Å². The second-order valence-electron chi connectivity index (χ2n) is 32.4. The van der Waals surface area contributed by atoms with Crippen molar-refractivity contribution in [2.24, 2.45) is 11.8 Å². The van der Waals surface area contributed by atoms with Crippen molar-refractivity contribution in [3.05, 3.63) is 177 Å². The molecule has 4 heterocycles. The molecule has 3 amide bonds. The molecule has 1 N–H and O–H groups in total. The third-order valence-electron chi connectivity index (χ3n) is 21.3. The Bertz CT molecular complexity index is 4120. The molecular formula is C92H128BrN9O12. The molecule has 2 saturated carbocycles. The molecule has 0 spiro atoms. The van der Waals surface area contributed by atoms with E-state index in [0.717, 1.165) is 94.2 Å². The molecular weight excluding hydrogens is 1500 g/mol. The lowest BCUT2D eigenvalue weighted by molar-refractivity contribution is -0.156. The third kappa shape index (κ3) is 27.2. The number of hydrogen-bond donors (Lipinski definition) is 1. The van der Waals surface area contributed by atoms with Crippen LogP contribution >= 0.6 is 15.9 Å². The van der Waals surface area contributed by atoms with Gasteiger partial charge in [-0.25, -0.2) is 14.4 Å².